The van der Waals surface area contributed by atoms with Gasteiger partial charge in [-0.25, -0.2) is 0 Å². The van der Waals surface area contributed by atoms with Crippen molar-refractivity contribution < 1.29 is 4.74 Å². The Morgan fingerprint density at radius 1 is 1.00 bits per heavy atom. The SMILES string of the molecule is Cc1ccc(Oc2ccc(C#N)cc2C)cc1. The Kier molecular flexibility index (Phi) is 3.11. The minimum Gasteiger partial charge on any atom is -0.457 e. The molecule has 2 aromatic rings. The van der Waals surface area contributed by atoms with Crippen molar-refractivity contribution in [3.63, 3.8) is 0 Å². The van der Waals surface area contributed by atoms with Crippen molar-refractivity contribution in [3.8, 4) is 17.6 Å². The summed E-state index contributed by atoms with van der Waals surface area (Å²) in [4.78, 5) is 0. The van der Waals surface area contributed by atoms with Crippen molar-refractivity contribution in [1.82, 2.24) is 0 Å². The lowest BCUT2D eigenvalue weighted by Crippen LogP contribution is -1.88. The largest absolute Gasteiger partial charge is 0.457 e. The van der Waals surface area contributed by atoms with Crippen molar-refractivity contribution in [2.75, 3.05) is 0 Å². The van der Waals surface area contributed by atoms with Gasteiger partial charge in [-0.2, -0.15) is 5.26 Å². The quantitative estimate of drug-likeness (QED) is 0.771. The first-order chi connectivity index (χ1) is 8.19. The number of benzene rings is 2. The highest BCUT2D eigenvalue weighted by Gasteiger charge is 2.02. The topological polar surface area (TPSA) is 33.0 Å². The average molecular weight is 223 g/mol. The molecule has 0 heterocycles. The molecule has 0 amide bonds. The molecule has 0 bridgehead atoms. The van der Waals surface area contributed by atoms with E-state index in [1.54, 1.807) is 6.07 Å². The van der Waals surface area contributed by atoms with Crippen LogP contribution >= 0.6 is 0 Å². The molecule has 0 aliphatic carbocycles. The van der Waals surface area contributed by atoms with Crippen molar-refractivity contribution >= 4 is 0 Å². The zero-order valence-electron chi connectivity index (χ0n) is 9.90. The lowest BCUT2D eigenvalue weighted by atomic mass is 10.1. The molecular formula is C15H13NO. The Hall–Kier alpha value is -2.27. The third-order valence-corrected chi connectivity index (χ3v) is 2.55. The van der Waals surface area contributed by atoms with Crippen LogP contribution in [0.1, 0.15) is 16.7 Å². The van der Waals surface area contributed by atoms with Crippen LogP contribution in [0.3, 0.4) is 0 Å². The first kappa shape index (κ1) is 11.2. The summed E-state index contributed by atoms with van der Waals surface area (Å²) in [6, 6.07) is 15.4. The van der Waals surface area contributed by atoms with Gasteiger partial charge in [-0.1, -0.05) is 17.7 Å². The number of rotatable bonds is 2. The zero-order valence-corrected chi connectivity index (χ0v) is 9.90. The van der Waals surface area contributed by atoms with Crippen LogP contribution in [0, 0.1) is 25.2 Å². The van der Waals surface area contributed by atoms with E-state index in [4.69, 9.17) is 10.00 Å². The number of aryl methyl sites for hydroxylation is 2. The van der Waals surface area contributed by atoms with Crippen LogP contribution in [-0.4, -0.2) is 0 Å². The molecule has 0 N–H and O–H groups in total. The first-order valence-corrected chi connectivity index (χ1v) is 5.44. The maximum absolute atomic E-state index is 8.78. The highest BCUT2D eigenvalue weighted by Crippen LogP contribution is 2.25. The minimum atomic E-state index is 0.652. The third-order valence-electron chi connectivity index (χ3n) is 2.55. The van der Waals surface area contributed by atoms with E-state index in [2.05, 4.69) is 6.07 Å². The first-order valence-electron chi connectivity index (χ1n) is 5.44. The maximum atomic E-state index is 8.78. The molecule has 2 nitrogen and oxygen atoms in total. The number of nitrogens with zero attached hydrogens (tertiary/aromatic N) is 1. The van der Waals surface area contributed by atoms with Gasteiger partial charge in [-0.05, 0) is 49.7 Å². The Bertz CT molecular complexity index is 564. The highest BCUT2D eigenvalue weighted by atomic mass is 16.5. The number of hydrogen-bond acceptors (Lipinski definition) is 2. The molecule has 2 heteroatoms. The average Bonchev–Trinajstić information content (AvgIpc) is 2.34. The second-order valence-corrected chi connectivity index (χ2v) is 4.01. The minimum absolute atomic E-state index is 0.652. The molecule has 0 aromatic heterocycles. The van der Waals surface area contributed by atoms with E-state index in [0.717, 1.165) is 17.1 Å². The van der Waals surface area contributed by atoms with Crippen molar-refractivity contribution in [3.05, 3.63) is 59.2 Å². The van der Waals surface area contributed by atoms with Gasteiger partial charge in [-0.15, -0.1) is 0 Å². The Morgan fingerprint density at radius 2 is 1.71 bits per heavy atom. The molecule has 0 aliphatic rings. The van der Waals surface area contributed by atoms with E-state index >= 15 is 0 Å². The Labute approximate surface area is 101 Å². The fraction of sp³-hybridized carbons (Fsp3) is 0.133. The summed E-state index contributed by atoms with van der Waals surface area (Å²) >= 11 is 0. The summed E-state index contributed by atoms with van der Waals surface area (Å²) in [5.41, 5.74) is 2.82. The molecule has 0 radical (unpaired) electrons. The lowest BCUT2D eigenvalue weighted by Gasteiger charge is -2.08. The second-order valence-electron chi connectivity index (χ2n) is 4.01. The van der Waals surface area contributed by atoms with Crippen LogP contribution in [0.25, 0.3) is 0 Å². The predicted octanol–water partition coefficient (Wildman–Crippen LogP) is 3.97. The molecule has 0 fully saturated rings. The van der Waals surface area contributed by atoms with Crippen LogP contribution in [0.15, 0.2) is 42.5 Å². The van der Waals surface area contributed by atoms with Gasteiger partial charge in [-0.3, -0.25) is 0 Å². The summed E-state index contributed by atoms with van der Waals surface area (Å²) < 4.78 is 5.75. The predicted molar refractivity (Wildman–Crippen MR) is 67.1 cm³/mol. The van der Waals surface area contributed by atoms with Gasteiger partial charge >= 0.3 is 0 Å². The smallest absolute Gasteiger partial charge is 0.130 e. The molecular weight excluding hydrogens is 210 g/mol. The zero-order chi connectivity index (χ0) is 12.3. The van der Waals surface area contributed by atoms with Crippen molar-refractivity contribution in [2.45, 2.75) is 13.8 Å². The fourth-order valence-electron chi connectivity index (χ4n) is 1.57. The van der Waals surface area contributed by atoms with E-state index in [0.29, 0.717) is 5.56 Å². The van der Waals surface area contributed by atoms with Crippen LogP contribution < -0.4 is 4.74 Å². The molecule has 0 saturated carbocycles. The van der Waals surface area contributed by atoms with Gasteiger partial charge < -0.3 is 4.74 Å². The van der Waals surface area contributed by atoms with Crippen LogP contribution in [0.4, 0.5) is 0 Å². The second kappa shape index (κ2) is 4.71. The standard InChI is InChI=1S/C15H13NO/c1-11-3-6-14(7-4-11)17-15-8-5-13(10-16)9-12(15)2/h3-9H,1-2H3. The van der Waals surface area contributed by atoms with E-state index in [-0.39, 0.29) is 0 Å². The van der Waals surface area contributed by atoms with Crippen molar-refractivity contribution in [1.29, 1.82) is 5.26 Å². The summed E-state index contributed by atoms with van der Waals surface area (Å²) in [5.74, 6) is 1.59. The maximum Gasteiger partial charge on any atom is 0.130 e. The molecule has 0 unspecified atom stereocenters. The molecule has 0 aliphatic heterocycles. The number of ether oxygens (including phenoxy) is 1. The molecule has 0 saturated heterocycles. The van der Waals surface area contributed by atoms with E-state index < -0.39 is 0 Å². The molecule has 0 spiro atoms. The van der Waals surface area contributed by atoms with Gasteiger partial charge in [0.05, 0.1) is 11.6 Å². The summed E-state index contributed by atoms with van der Waals surface area (Å²) in [6.45, 7) is 3.97. The van der Waals surface area contributed by atoms with E-state index in [1.165, 1.54) is 5.56 Å². The molecule has 84 valence electrons. The molecule has 2 aromatic carbocycles. The van der Waals surface area contributed by atoms with Crippen molar-refractivity contribution in [2.24, 2.45) is 0 Å². The Morgan fingerprint density at radius 3 is 2.29 bits per heavy atom. The lowest BCUT2D eigenvalue weighted by molar-refractivity contribution is 0.479. The monoisotopic (exact) mass is 223 g/mol. The summed E-state index contributed by atoms with van der Waals surface area (Å²) in [6.07, 6.45) is 0. The Balaban J connectivity index is 2.25. The molecule has 0 atom stereocenters. The fourth-order valence-corrected chi connectivity index (χ4v) is 1.57. The van der Waals surface area contributed by atoms with Crippen LogP contribution in [-0.2, 0) is 0 Å². The summed E-state index contributed by atoms with van der Waals surface area (Å²) in [7, 11) is 0. The van der Waals surface area contributed by atoms with Gasteiger partial charge in [0.1, 0.15) is 11.5 Å². The third kappa shape index (κ3) is 2.64. The summed E-state index contributed by atoms with van der Waals surface area (Å²) in [5, 5.41) is 8.78. The normalized spacial score (nSPS) is 9.71. The number of nitriles is 1. The van der Waals surface area contributed by atoms with Crippen LogP contribution in [0.2, 0.25) is 0 Å². The van der Waals surface area contributed by atoms with Gasteiger partial charge in [0.2, 0.25) is 0 Å². The van der Waals surface area contributed by atoms with E-state index in [1.807, 2.05) is 50.2 Å². The molecule has 17 heavy (non-hydrogen) atoms. The number of hydrogen-bond donors (Lipinski definition) is 0. The van der Waals surface area contributed by atoms with Gasteiger partial charge in [0, 0.05) is 0 Å². The van der Waals surface area contributed by atoms with Gasteiger partial charge in [0.15, 0.2) is 0 Å². The molecule has 2 rings (SSSR count). The van der Waals surface area contributed by atoms with Gasteiger partial charge in [0.25, 0.3) is 0 Å². The van der Waals surface area contributed by atoms with E-state index in [9.17, 15) is 0 Å². The highest BCUT2D eigenvalue weighted by molar-refractivity contribution is 5.43. The van der Waals surface area contributed by atoms with Crippen LogP contribution in [0.5, 0.6) is 11.5 Å².